The van der Waals surface area contributed by atoms with Gasteiger partial charge >= 0.3 is 0 Å². The average molecular weight is 452 g/mol. The predicted molar refractivity (Wildman–Crippen MR) is 140 cm³/mol. The van der Waals surface area contributed by atoms with Gasteiger partial charge in [-0.2, -0.15) is 0 Å². The monoisotopic (exact) mass is 451 g/mol. The van der Waals surface area contributed by atoms with Gasteiger partial charge in [0.05, 0.1) is 11.3 Å². The molecule has 0 aliphatic carbocycles. The molecule has 0 radical (unpaired) electrons. The van der Waals surface area contributed by atoms with Crippen LogP contribution in [0.15, 0.2) is 77.3 Å². The normalized spacial score (nSPS) is 12.6. The van der Waals surface area contributed by atoms with Crippen molar-refractivity contribution in [1.82, 2.24) is 4.98 Å². The van der Waals surface area contributed by atoms with Crippen molar-refractivity contribution in [3.8, 4) is 22.4 Å². The van der Waals surface area contributed by atoms with Gasteiger partial charge in [0, 0.05) is 22.5 Å². The van der Waals surface area contributed by atoms with Crippen LogP contribution in [-0.2, 0) is 10.8 Å². The Morgan fingerprint density at radius 1 is 0.765 bits per heavy atom. The molecule has 0 aliphatic rings. The Bertz CT molecular complexity index is 1520. The summed E-state index contributed by atoms with van der Waals surface area (Å²) < 4.78 is 21.8. The van der Waals surface area contributed by atoms with Gasteiger partial charge in [0.25, 0.3) is 0 Å². The van der Waals surface area contributed by atoms with E-state index in [2.05, 4.69) is 65.8 Å². The number of aromatic nitrogens is 1. The summed E-state index contributed by atoms with van der Waals surface area (Å²) >= 11 is 0. The van der Waals surface area contributed by atoms with E-state index in [-0.39, 0.29) is 16.6 Å². The van der Waals surface area contributed by atoms with E-state index in [0.29, 0.717) is 11.1 Å². The minimum absolute atomic E-state index is 0.000356. The molecule has 5 aromatic rings. The van der Waals surface area contributed by atoms with E-state index >= 15 is 4.39 Å². The second-order valence-electron chi connectivity index (χ2n) is 11.1. The van der Waals surface area contributed by atoms with Crippen LogP contribution in [0.2, 0.25) is 0 Å². The molecule has 0 saturated heterocycles. The predicted octanol–water partition coefficient (Wildman–Crippen LogP) is 9.05. The van der Waals surface area contributed by atoms with Gasteiger partial charge in [-0.3, -0.25) is 4.98 Å². The van der Waals surface area contributed by atoms with E-state index in [4.69, 9.17) is 9.40 Å². The Balaban J connectivity index is 1.90. The zero-order chi connectivity index (χ0) is 24.3. The van der Waals surface area contributed by atoms with E-state index in [9.17, 15) is 0 Å². The van der Waals surface area contributed by atoms with Crippen LogP contribution in [0.4, 0.5) is 4.39 Å². The summed E-state index contributed by atoms with van der Waals surface area (Å²) in [5.41, 5.74) is 6.67. The number of pyridine rings is 1. The highest BCUT2D eigenvalue weighted by atomic mass is 19.1. The number of rotatable bonds is 2. The zero-order valence-electron chi connectivity index (χ0n) is 20.7. The zero-order valence-corrected chi connectivity index (χ0v) is 20.7. The molecule has 34 heavy (non-hydrogen) atoms. The number of nitrogens with zero attached hydrogens (tertiary/aromatic N) is 1. The maximum atomic E-state index is 15.2. The van der Waals surface area contributed by atoms with Crippen LogP contribution in [0.1, 0.15) is 52.7 Å². The maximum absolute atomic E-state index is 15.2. The van der Waals surface area contributed by atoms with Crippen LogP contribution in [-0.4, -0.2) is 4.98 Å². The van der Waals surface area contributed by atoms with Crippen molar-refractivity contribution in [3.05, 3.63) is 89.9 Å². The lowest BCUT2D eigenvalue weighted by molar-refractivity contribution is 0.589. The van der Waals surface area contributed by atoms with Gasteiger partial charge in [-0.05, 0) is 57.9 Å². The highest BCUT2D eigenvalue weighted by Crippen LogP contribution is 2.44. The molecule has 0 amide bonds. The van der Waals surface area contributed by atoms with Crippen molar-refractivity contribution < 1.29 is 8.81 Å². The molecule has 0 unspecified atom stereocenters. The molecule has 0 atom stereocenters. The van der Waals surface area contributed by atoms with Crippen molar-refractivity contribution in [2.24, 2.45) is 0 Å². The molecule has 0 saturated carbocycles. The Hall–Kier alpha value is -3.46. The summed E-state index contributed by atoms with van der Waals surface area (Å²) in [6.45, 7) is 13.2. The third-order valence-electron chi connectivity index (χ3n) is 6.51. The smallest absolute Gasteiger partial charge is 0.146 e. The fraction of sp³-hybridized carbons (Fsp3) is 0.258. The summed E-state index contributed by atoms with van der Waals surface area (Å²) in [5.74, 6) is -0.288. The second-order valence-corrected chi connectivity index (χ2v) is 11.1. The first-order chi connectivity index (χ1) is 16.1. The first-order valence-corrected chi connectivity index (χ1v) is 11.8. The number of hydrogen-bond donors (Lipinski definition) is 0. The molecule has 172 valence electrons. The highest BCUT2D eigenvalue weighted by molar-refractivity contribution is 6.14. The number of fused-ring (bicyclic) bond motifs is 3. The molecule has 0 bridgehead atoms. The van der Waals surface area contributed by atoms with Crippen molar-refractivity contribution in [2.75, 3.05) is 0 Å². The third kappa shape index (κ3) is 3.69. The van der Waals surface area contributed by atoms with Crippen molar-refractivity contribution >= 4 is 21.9 Å². The Morgan fingerprint density at radius 3 is 2.18 bits per heavy atom. The largest absolute Gasteiger partial charge is 0.455 e. The first kappa shape index (κ1) is 22.3. The summed E-state index contributed by atoms with van der Waals surface area (Å²) in [6.07, 6.45) is 1.86. The molecular formula is C31H30FNO. The molecule has 2 aromatic heterocycles. The minimum atomic E-state index is -0.288. The molecule has 2 nitrogen and oxygen atoms in total. The lowest BCUT2D eigenvalue weighted by Gasteiger charge is -2.22. The van der Waals surface area contributed by atoms with Crippen LogP contribution in [0, 0.1) is 5.82 Å². The van der Waals surface area contributed by atoms with Gasteiger partial charge in [0.15, 0.2) is 0 Å². The SMILES string of the molecule is CC(C)(C)c1ccnc(-c2ccc(C(C)(C)C)c3c2oc2c(-c4ccccc4)c(F)ccc23)c1. The van der Waals surface area contributed by atoms with Crippen LogP contribution >= 0.6 is 0 Å². The Morgan fingerprint density at radius 2 is 1.50 bits per heavy atom. The fourth-order valence-electron chi connectivity index (χ4n) is 4.66. The van der Waals surface area contributed by atoms with Gasteiger partial charge in [-0.25, -0.2) is 4.39 Å². The lowest BCUT2D eigenvalue weighted by Crippen LogP contribution is -2.12. The number of halogens is 1. The molecule has 0 spiro atoms. The average Bonchev–Trinajstić information content (AvgIpc) is 3.17. The quantitative estimate of drug-likeness (QED) is 0.267. The first-order valence-electron chi connectivity index (χ1n) is 11.8. The topological polar surface area (TPSA) is 26.0 Å². The minimum Gasteiger partial charge on any atom is -0.455 e. The standard InChI is InChI=1S/C31H30FNO/c1-30(2,3)20-16-17-33-25(18-20)21-12-14-23(31(4,5)6)27-22-13-15-24(32)26(29(22)34-28(21)27)19-10-8-7-9-11-19/h7-18H,1-6H3. The molecule has 5 rings (SSSR count). The summed E-state index contributed by atoms with van der Waals surface area (Å²) in [4.78, 5) is 4.70. The fourth-order valence-corrected chi connectivity index (χ4v) is 4.66. The summed E-state index contributed by atoms with van der Waals surface area (Å²) in [5, 5.41) is 1.95. The molecule has 0 N–H and O–H groups in total. The highest BCUT2D eigenvalue weighted by Gasteiger charge is 2.26. The second kappa shape index (κ2) is 7.80. The van der Waals surface area contributed by atoms with Crippen LogP contribution in [0.5, 0.6) is 0 Å². The Labute approximate surface area is 200 Å². The van der Waals surface area contributed by atoms with Crippen LogP contribution < -0.4 is 0 Å². The van der Waals surface area contributed by atoms with Gasteiger partial charge < -0.3 is 4.42 Å². The lowest BCUT2D eigenvalue weighted by atomic mass is 9.82. The van der Waals surface area contributed by atoms with Crippen LogP contribution in [0.25, 0.3) is 44.3 Å². The number of hydrogen-bond acceptors (Lipinski definition) is 2. The van der Waals surface area contributed by atoms with Gasteiger partial charge in [-0.1, -0.05) is 77.9 Å². The van der Waals surface area contributed by atoms with E-state index in [1.807, 2.05) is 42.6 Å². The molecular weight excluding hydrogens is 421 g/mol. The van der Waals surface area contributed by atoms with Gasteiger partial charge in [0.2, 0.25) is 0 Å². The van der Waals surface area contributed by atoms with Gasteiger partial charge in [-0.15, -0.1) is 0 Å². The van der Waals surface area contributed by atoms with E-state index in [1.54, 1.807) is 6.07 Å². The van der Waals surface area contributed by atoms with E-state index < -0.39 is 0 Å². The third-order valence-corrected chi connectivity index (χ3v) is 6.51. The Kier molecular flexibility index (Phi) is 5.12. The van der Waals surface area contributed by atoms with Crippen molar-refractivity contribution in [2.45, 2.75) is 52.4 Å². The van der Waals surface area contributed by atoms with Crippen LogP contribution in [0.3, 0.4) is 0 Å². The number of furan rings is 1. The molecule has 3 heteroatoms. The van der Waals surface area contributed by atoms with Gasteiger partial charge in [0.1, 0.15) is 17.0 Å². The summed E-state index contributed by atoms with van der Waals surface area (Å²) in [6, 6.07) is 21.5. The van der Waals surface area contributed by atoms with Crippen molar-refractivity contribution in [3.63, 3.8) is 0 Å². The van der Waals surface area contributed by atoms with E-state index in [1.165, 1.54) is 11.1 Å². The maximum Gasteiger partial charge on any atom is 0.146 e. The van der Waals surface area contributed by atoms with E-state index in [0.717, 1.165) is 33.2 Å². The molecule has 3 aromatic carbocycles. The van der Waals surface area contributed by atoms with Crippen molar-refractivity contribution in [1.29, 1.82) is 0 Å². The number of benzene rings is 3. The molecule has 0 aliphatic heterocycles. The molecule has 0 fully saturated rings. The molecule has 2 heterocycles. The summed E-state index contributed by atoms with van der Waals surface area (Å²) in [7, 11) is 0.